The van der Waals surface area contributed by atoms with E-state index < -0.39 is 0 Å². The van der Waals surface area contributed by atoms with Crippen molar-refractivity contribution in [2.24, 2.45) is 9.98 Å². The van der Waals surface area contributed by atoms with Gasteiger partial charge in [0.05, 0.1) is 0 Å². The van der Waals surface area contributed by atoms with Gasteiger partial charge in [0.15, 0.2) is 0 Å². The zero-order valence-electron chi connectivity index (χ0n) is 16.8. The van der Waals surface area contributed by atoms with Crippen LogP contribution >= 0.6 is 0 Å². The van der Waals surface area contributed by atoms with Crippen LogP contribution in [0.3, 0.4) is 0 Å². The van der Waals surface area contributed by atoms with Crippen LogP contribution < -0.4 is 9.38 Å². The molecule has 0 spiro atoms. The Hall–Kier alpha value is -2.99. The normalized spacial score (nSPS) is 22.9. The van der Waals surface area contributed by atoms with Crippen LogP contribution in [0, 0.1) is 0 Å². The number of morpholine rings is 1. The molecule has 3 aliphatic rings. The number of amidine groups is 1. The number of nitrogens with zero attached hydrogens (tertiary/aromatic N) is 5. The van der Waals surface area contributed by atoms with Gasteiger partial charge < -0.3 is 0 Å². The second-order valence-electron chi connectivity index (χ2n) is 7.77. The van der Waals surface area contributed by atoms with Crippen LogP contribution in [0.15, 0.2) is 77.2 Å². The molecule has 2 radical (unpaired) electrons. The zero-order valence-corrected chi connectivity index (χ0v) is 18.6. The maximum atomic E-state index is 5.48. The Morgan fingerprint density at radius 3 is 2.74 bits per heavy atom. The van der Waals surface area contributed by atoms with E-state index in [9.17, 15) is 0 Å². The van der Waals surface area contributed by atoms with Crippen LogP contribution in [0.25, 0.3) is 16.6 Å². The summed E-state index contributed by atoms with van der Waals surface area (Å²) in [5.41, 5.74) is 5.30. The van der Waals surface area contributed by atoms with Gasteiger partial charge in [-0.05, 0) is 0 Å². The van der Waals surface area contributed by atoms with Crippen molar-refractivity contribution < 1.29 is 4.74 Å². The SMILES string of the molecule is [As]C1=NC(c2ccc3cn[nH]c3c2)=C[N+]2(c3ccc(N4CCOCC4)cc3)C=CN=C12. The summed E-state index contributed by atoms with van der Waals surface area (Å²) in [6, 6.07) is 15.0. The summed E-state index contributed by atoms with van der Waals surface area (Å²) in [4.78, 5) is 11.9. The van der Waals surface area contributed by atoms with Crippen molar-refractivity contribution in [3.63, 3.8) is 0 Å². The van der Waals surface area contributed by atoms with Gasteiger partial charge in [0.2, 0.25) is 0 Å². The van der Waals surface area contributed by atoms with Crippen molar-refractivity contribution in [2.45, 2.75) is 0 Å². The van der Waals surface area contributed by atoms with E-state index in [1.165, 1.54) is 5.69 Å². The van der Waals surface area contributed by atoms with Crippen LogP contribution in [-0.4, -0.2) is 63.7 Å². The van der Waals surface area contributed by atoms with E-state index in [1.54, 1.807) is 0 Å². The summed E-state index contributed by atoms with van der Waals surface area (Å²) in [7, 11) is 0. The van der Waals surface area contributed by atoms with Crippen LogP contribution in [0.5, 0.6) is 0 Å². The average molecular weight is 471 g/mol. The molecule has 0 bridgehead atoms. The minimum atomic E-state index is 0.424. The van der Waals surface area contributed by atoms with Gasteiger partial charge in [-0.3, -0.25) is 0 Å². The number of H-pyrrole nitrogens is 1. The van der Waals surface area contributed by atoms with Crippen LogP contribution in [-0.2, 0) is 4.74 Å². The van der Waals surface area contributed by atoms with E-state index in [0.29, 0.717) is 4.48 Å². The van der Waals surface area contributed by atoms with Gasteiger partial charge in [-0.2, -0.15) is 0 Å². The number of rotatable bonds is 3. The molecule has 4 heterocycles. The van der Waals surface area contributed by atoms with Crippen molar-refractivity contribution in [3.8, 4) is 0 Å². The molecule has 3 aliphatic heterocycles. The molecule has 2 aromatic carbocycles. The number of quaternary nitrogens is 1. The van der Waals surface area contributed by atoms with E-state index in [1.807, 2.05) is 12.4 Å². The molecule has 1 saturated heterocycles. The summed E-state index contributed by atoms with van der Waals surface area (Å²) >= 11 is 2.58. The van der Waals surface area contributed by atoms with Gasteiger partial charge in [-0.25, -0.2) is 0 Å². The molecule has 0 aliphatic carbocycles. The molecule has 1 N–H and O–H groups in total. The maximum absolute atomic E-state index is 5.48. The van der Waals surface area contributed by atoms with E-state index in [0.717, 1.165) is 64.5 Å². The van der Waals surface area contributed by atoms with Crippen LogP contribution in [0.4, 0.5) is 11.4 Å². The zero-order chi connectivity index (χ0) is 20.8. The van der Waals surface area contributed by atoms with Gasteiger partial charge in [0.1, 0.15) is 0 Å². The van der Waals surface area contributed by atoms with Gasteiger partial charge in [-0.15, -0.1) is 0 Å². The fraction of sp³-hybridized carbons (Fsp3) is 0.174. The number of hydrogen-bond donors (Lipinski definition) is 1. The van der Waals surface area contributed by atoms with Gasteiger partial charge >= 0.3 is 189 Å². The third kappa shape index (κ3) is 3.08. The minimum absolute atomic E-state index is 0.424. The third-order valence-corrected chi connectivity index (χ3v) is 6.62. The molecule has 1 unspecified atom stereocenters. The molecule has 152 valence electrons. The molecule has 7 nitrogen and oxygen atoms in total. The van der Waals surface area contributed by atoms with E-state index in [2.05, 4.69) is 91.8 Å². The predicted octanol–water partition coefficient (Wildman–Crippen LogP) is 3.17. The quantitative estimate of drug-likeness (QED) is 0.472. The molecule has 1 fully saturated rings. The first-order valence-corrected chi connectivity index (χ1v) is 11.2. The van der Waals surface area contributed by atoms with Gasteiger partial charge in [0.25, 0.3) is 0 Å². The van der Waals surface area contributed by atoms with Crippen molar-refractivity contribution in [3.05, 3.63) is 72.8 Å². The van der Waals surface area contributed by atoms with Gasteiger partial charge in [-0.1, -0.05) is 0 Å². The Morgan fingerprint density at radius 1 is 1.06 bits per heavy atom. The monoisotopic (exact) mass is 471 g/mol. The topological polar surface area (TPSA) is 65.9 Å². The molecule has 1 atom stereocenters. The first kappa shape index (κ1) is 18.8. The molecule has 0 saturated carbocycles. The molecule has 1 aromatic heterocycles. The Balaban J connectivity index is 1.42. The van der Waals surface area contributed by atoms with Gasteiger partial charge in [0, 0.05) is 0 Å². The number of aliphatic imine (C=N–C) groups is 2. The molecular formula is C23H20AsN6O+. The van der Waals surface area contributed by atoms with Crippen molar-refractivity contribution in [1.82, 2.24) is 14.7 Å². The van der Waals surface area contributed by atoms with Crippen LogP contribution in [0.1, 0.15) is 5.56 Å². The molecule has 3 aromatic rings. The molecular weight excluding hydrogens is 451 g/mol. The number of nitrogens with one attached hydrogen (secondary N) is 1. The molecule has 0 amide bonds. The number of anilines is 1. The van der Waals surface area contributed by atoms with Crippen molar-refractivity contribution in [2.75, 3.05) is 31.2 Å². The summed E-state index contributed by atoms with van der Waals surface area (Å²) in [6.07, 6.45) is 7.97. The summed E-state index contributed by atoms with van der Waals surface area (Å²) < 4.78 is 6.77. The Labute approximate surface area is 188 Å². The number of aromatic amines is 1. The Kier molecular flexibility index (Phi) is 4.42. The Bertz CT molecular complexity index is 1280. The van der Waals surface area contributed by atoms with E-state index >= 15 is 0 Å². The average Bonchev–Trinajstić information content (AvgIpc) is 3.47. The van der Waals surface area contributed by atoms with Crippen molar-refractivity contribution in [1.29, 1.82) is 0 Å². The number of benzene rings is 2. The molecule has 6 rings (SSSR count). The van der Waals surface area contributed by atoms with E-state index in [4.69, 9.17) is 9.73 Å². The predicted molar refractivity (Wildman–Crippen MR) is 125 cm³/mol. The fourth-order valence-electron chi connectivity index (χ4n) is 4.34. The third-order valence-electron chi connectivity index (χ3n) is 5.99. The second-order valence-corrected chi connectivity index (χ2v) is 8.65. The number of hydrogen-bond acceptors (Lipinski definition) is 5. The number of fused-ring (bicyclic) bond motifs is 2. The Morgan fingerprint density at radius 2 is 1.90 bits per heavy atom. The number of ether oxygens (including phenoxy) is 1. The summed E-state index contributed by atoms with van der Waals surface area (Å²) in [6.45, 7) is 3.41. The standard InChI is InChI=1S/C23H20AsN6O/c24-22-23-25-7-10-30(23,19-5-3-18(4-6-19)29-8-11-31-12-9-29)15-21(27-22)16-1-2-17-14-26-28-20(17)13-16/h1-7,10,13-15H,8-9,11-12H2,(H,26,28)/q+1. The summed E-state index contributed by atoms with van der Waals surface area (Å²) in [5, 5.41) is 8.27. The fourth-order valence-corrected chi connectivity index (χ4v) is 5.03. The number of aromatic nitrogens is 2. The first-order chi connectivity index (χ1) is 15.2. The molecule has 31 heavy (non-hydrogen) atoms. The van der Waals surface area contributed by atoms with Crippen molar-refractivity contribution >= 4 is 55.2 Å². The van der Waals surface area contributed by atoms with E-state index in [-0.39, 0.29) is 0 Å². The second kappa shape index (κ2) is 7.31. The summed E-state index contributed by atoms with van der Waals surface area (Å²) in [5.74, 6) is 0.908. The van der Waals surface area contributed by atoms with Crippen LogP contribution in [0.2, 0.25) is 0 Å². The first-order valence-electron chi connectivity index (χ1n) is 10.3. The molecule has 8 heteroatoms.